The van der Waals surface area contributed by atoms with Crippen LogP contribution in [0.3, 0.4) is 0 Å². The standard InChI is InChI=1S/C9H19NO/c1-9(2)5-4-6-10(3)7-8-11/h8-9H,4-7H2,1-3H3. The molecule has 0 aromatic heterocycles. The van der Waals surface area contributed by atoms with E-state index in [-0.39, 0.29) is 0 Å². The summed E-state index contributed by atoms with van der Waals surface area (Å²) in [6, 6.07) is 0. The SMILES string of the molecule is CC(C)CCCN(C)CC=O. The highest BCUT2D eigenvalue weighted by molar-refractivity contribution is 5.51. The predicted octanol–water partition coefficient (Wildman–Crippen LogP) is 1.55. The third kappa shape index (κ3) is 7.53. The van der Waals surface area contributed by atoms with E-state index in [1.54, 1.807) is 0 Å². The molecule has 0 spiro atoms. The van der Waals surface area contributed by atoms with E-state index in [2.05, 4.69) is 18.7 Å². The van der Waals surface area contributed by atoms with Gasteiger partial charge in [0.1, 0.15) is 6.29 Å². The van der Waals surface area contributed by atoms with Gasteiger partial charge in [-0.25, -0.2) is 0 Å². The molecule has 0 aliphatic rings. The molecule has 0 aliphatic heterocycles. The summed E-state index contributed by atoms with van der Waals surface area (Å²) in [6.07, 6.45) is 3.40. The number of hydrogen-bond acceptors (Lipinski definition) is 2. The molecule has 11 heavy (non-hydrogen) atoms. The van der Waals surface area contributed by atoms with E-state index in [0.29, 0.717) is 6.54 Å². The zero-order valence-corrected chi connectivity index (χ0v) is 7.84. The molecule has 0 aliphatic carbocycles. The quantitative estimate of drug-likeness (QED) is 0.545. The summed E-state index contributed by atoms with van der Waals surface area (Å²) in [4.78, 5) is 12.1. The number of carbonyl (C=O) groups excluding carboxylic acids is 1. The lowest BCUT2D eigenvalue weighted by atomic mass is 10.1. The van der Waals surface area contributed by atoms with Gasteiger partial charge in [-0.1, -0.05) is 13.8 Å². The van der Waals surface area contributed by atoms with E-state index in [4.69, 9.17) is 0 Å². The Hall–Kier alpha value is -0.370. The maximum absolute atomic E-state index is 10.1. The molecule has 66 valence electrons. The lowest BCUT2D eigenvalue weighted by Crippen LogP contribution is -2.21. The minimum absolute atomic E-state index is 0.568. The van der Waals surface area contributed by atoms with Gasteiger partial charge >= 0.3 is 0 Å². The van der Waals surface area contributed by atoms with Gasteiger partial charge in [-0.05, 0) is 32.4 Å². The van der Waals surface area contributed by atoms with Crippen molar-refractivity contribution in [1.82, 2.24) is 4.90 Å². The molecule has 0 rings (SSSR count). The second-order valence-electron chi connectivity index (χ2n) is 3.46. The molecule has 0 radical (unpaired) electrons. The van der Waals surface area contributed by atoms with Crippen molar-refractivity contribution in [2.45, 2.75) is 26.7 Å². The molecule has 0 amide bonds. The van der Waals surface area contributed by atoms with E-state index >= 15 is 0 Å². The second kappa shape index (κ2) is 6.35. The first-order valence-corrected chi connectivity index (χ1v) is 4.29. The van der Waals surface area contributed by atoms with Crippen molar-refractivity contribution in [3.8, 4) is 0 Å². The van der Waals surface area contributed by atoms with E-state index in [9.17, 15) is 4.79 Å². The van der Waals surface area contributed by atoms with Crippen molar-refractivity contribution in [2.24, 2.45) is 5.92 Å². The van der Waals surface area contributed by atoms with E-state index in [0.717, 1.165) is 18.7 Å². The number of carbonyl (C=O) groups is 1. The van der Waals surface area contributed by atoms with E-state index in [1.165, 1.54) is 12.8 Å². The van der Waals surface area contributed by atoms with Crippen LogP contribution in [0.5, 0.6) is 0 Å². The van der Waals surface area contributed by atoms with Crippen molar-refractivity contribution in [1.29, 1.82) is 0 Å². The van der Waals surface area contributed by atoms with Gasteiger partial charge < -0.3 is 4.79 Å². The minimum Gasteiger partial charge on any atom is -0.302 e. The minimum atomic E-state index is 0.568. The number of hydrogen-bond donors (Lipinski definition) is 0. The second-order valence-corrected chi connectivity index (χ2v) is 3.46. The molecule has 0 heterocycles. The van der Waals surface area contributed by atoms with Gasteiger partial charge in [-0.3, -0.25) is 4.90 Å². The van der Waals surface area contributed by atoms with E-state index < -0.39 is 0 Å². The van der Waals surface area contributed by atoms with Gasteiger partial charge in [-0.2, -0.15) is 0 Å². The number of nitrogens with zero attached hydrogens (tertiary/aromatic N) is 1. The van der Waals surface area contributed by atoms with Gasteiger partial charge in [0.15, 0.2) is 0 Å². The molecular weight excluding hydrogens is 138 g/mol. The first-order chi connectivity index (χ1) is 5.16. The summed E-state index contributed by atoms with van der Waals surface area (Å²) in [5, 5.41) is 0. The van der Waals surface area contributed by atoms with Gasteiger partial charge in [0, 0.05) is 0 Å². The van der Waals surface area contributed by atoms with Crippen LogP contribution in [0, 0.1) is 5.92 Å². The van der Waals surface area contributed by atoms with Crippen LogP contribution in [0.15, 0.2) is 0 Å². The molecular formula is C9H19NO. The summed E-state index contributed by atoms with van der Waals surface area (Å²) in [7, 11) is 1.98. The Labute approximate surface area is 69.6 Å². The van der Waals surface area contributed by atoms with Crippen LogP contribution in [0.4, 0.5) is 0 Å². The molecule has 0 aromatic rings. The fraction of sp³-hybridized carbons (Fsp3) is 0.889. The van der Waals surface area contributed by atoms with Gasteiger partial charge in [0.25, 0.3) is 0 Å². The lowest BCUT2D eigenvalue weighted by molar-refractivity contribution is -0.108. The predicted molar refractivity (Wildman–Crippen MR) is 47.6 cm³/mol. The lowest BCUT2D eigenvalue weighted by Gasteiger charge is -2.13. The zero-order chi connectivity index (χ0) is 8.69. The highest BCUT2D eigenvalue weighted by Crippen LogP contribution is 2.03. The maximum atomic E-state index is 10.1. The van der Waals surface area contributed by atoms with Crippen molar-refractivity contribution in [3.05, 3.63) is 0 Å². The molecule has 2 nitrogen and oxygen atoms in total. The van der Waals surface area contributed by atoms with Gasteiger partial charge in [-0.15, -0.1) is 0 Å². The fourth-order valence-corrected chi connectivity index (χ4v) is 0.988. The third-order valence-electron chi connectivity index (χ3n) is 1.71. The topological polar surface area (TPSA) is 20.3 Å². The summed E-state index contributed by atoms with van der Waals surface area (Å²) in [6.45, 7) is 6.05. The van der Waals surface area contributed by atoms with Crippen LogP contribution in [0.1, 0.15) is 26.7 Å². The van der Waals surface area contributed by atoms with Crippen LogP contribution in [0.2, 0.25) is 0 Å². The summed E-state index contributed by atoms with van der Waals surface area (Å²) in [5.41, 5.74) is 0. The van der Waals surface area contributed by atoms with Crippen LogP contribution in [0.25, 0.3) is 0 Å². The maximum Gasteiger partial charge on any atom is 0.133 e. The highest BCUT2D eigenvalue weighted by atomic mass is 16.1. The van der Waals surface area contributed by atoms with Crippen molar-refractivity contribution in [3.63, 3.8) is 0 Å². The number of likely N-dealkylation sites (N-methyl/N-ethyl adjacent to an activating group) is 1. The van der Waals surface area contributed by atoms with E-state index in [1.807, 2.05) is 7.05 Å². The summed E-state index contributed by atoms with van der Waals surface area (Å²) < 4.78 is 0. The van der Waals surface area contributed by atoms with Crippen molar-refractivity contribution >= 4 is 6.29 Å². The molecule has 2 heteroatoms. The average Bonchev–Trinajstić information content (AvgIpc) is 1.87. The molecule has 0 fully saturated rings. The Balaban J connectivity index is 3.16. The Morgan fingerprint density at radius 3 is 2.55 bits per heavy atom. The van der Waals surface area contributed by atoms with Crippen molar-refractivity contribution < 1.29 is 4.79 Å². The third-order valence-corrected chi connectivity index (χ3v) is 1.71. The van der Waals surface area contributed by atoms with Crippen molar-refractivity contribution in [2.75, 3.05) is 20.1 Å². The average molecular weight is 157 g/mol. The van der Waals surface area contributed by atoms with Crippen LogP contribution >= 0.6 is 0 Å². The van der Waals surface area contributed by atoms with Gasteiger partial charge in [0.05, 0.1) is 6.54 Å². The summed E-state index contributed by atoms with van der Waals surface area (Å²) in [5.74, 6) is 0.777. The van der Waals surface area contributed by atoms with Crippen LogP contribution < -0.4 is 0 Å². The normalized spacial score (nSPS) is 11.0. The van der Waals surface area contributed by atoms with Gasteiger partial charge in [0.2, 0.25) is 0 Å². The van der Waals surface area contributed by atoms with Crippen LogP contribution in [-0.4, -0.2) is 31.3 Å². The smallest absolute Gasteiger partial charge is 0.133 e. The van der Waals surface area contributed by atoms with Crippen LogP contribution in [-0.2, 0) is 4.79 Å². The molecule has 0 bridgehead atoms. The summed E-state index contributed by atoms with van der Waals surface area (Å²) >= 11 is 0. The molecule has 0 atom stereocenters. The molecule has 0 saturated heterocycles. The largest absolute Gasteiger partial charge is 0.302 e. The first-order valence-electron chi connectivity index (χ1n) is 4.29. The Morgan fingerprint density at radius 1 is 1.45 bits per heavy atom. The Morgan fingerprint density at radius 2 is 2.09 bits per heavy atom. The Kier molecular flexibility index (Phi) is 6.13. The highest BCUT2D eigenvalue weighted by Gasteiger charge is 1.97. The Bertz CT molecular complexity index is 102. The molecule has 0 N–H and O–H groups in total. The fourth-order valence-electron chi connectivity index (χ4n) is 0.988. The number of rotatable bonds is 6. The first kappa shape index (κ1) is 10.6. The molecule has 0 unspecified atom stereocenters. The monoisotopic (exact) mass is 157 g/mol. The molecule has 0 aromatic carbocycles. The zero-order valence-electron chi connectivity index (χ0n) is 7.84. The molecule has 0 saturated carbocycles. The number of aldehydes is 1.